The van der Waals surface area contributed by atoms with Crippen LogP contribution < -0.4 is 4.74 Å². The van der Waals surface area contributed by atoms with Crippen LogP contribution in [0.3, 0.4) is 0 Å². The number of nitrogens with zero attached hydrogens (tertiary/aromatic N) is 1. The monoisotopic (exact) mass is 291 g/mol. The zero-order chi connectivity index (χ0) is 16.2. The molecule has 1 aromatic rings. The second kappa shape index (κ2) is 7.48. The molecule has 0 saturated carbocycles. The molecule has 0 aliphatic rings. The summed E-state index contributed by atoms with van der Waals surface area (Å²) < 4.78 is 5.67. The summed E-state index contributed by atoms with van der Waals surface area (Å²) in [6.07, 6.45) is 0. The van der Waals surface area contributed by atoms with Crippen molar-refractivity contribution in [1.82, 2.24) is 4.90 Å². The normalized spacial score (nSPS) is 11.3. The average Bonchev–Trinajstić information content (AvgIpc) is 2.35. The van der Waals surface area contributed by atoms with E-state index >= 15 is 0 Å². The van der Waals surface area contributed by atoms with Gasteiger partial charge in [-0.25, -0.2) is 0 Å². The van der Waals surface area contributed by atoms with Gasteiger partial charge in [-0.3, -0.25) is 4.79 Å². The fourth-order valence-electron chi connectivity index (χ4n) is 2.78. The summed E-state index contributed by atoms with van der Waals surface area (Å²) in [4.78, 5) is 14.1. The van der Waals surface area contributed by atoms with Crippen molar-refractivity contribution in [3.63, 3.8) is 0 Å². The van der Waals surface area contributed by atoms with Gasteiger partial charge < -0.3 is 9.64 Å². The van der Waals surface area contributed by atoms with Gasteiger partial charge in [0.05, 0.1) is 0 Å². The molecule has 0 saturated heterocycles. The lowest BCUT2D eigenvalue weighted by Gasteiger charge is -2.30. The predicted molar refractivity (Wildman–Crippen MR) is 87.9 cm³/mol. The number of hydrogen-bond acceptors (Lipinski definition) is 2. The third-order valence-corrected chi connectivity index (χ3v) is 3.63. The molecule has 0 radical (unpaired) electrons. The quantitative estimate of drug-likeness (QED) is 0.788. The molecule has 1 rings (SSSR count). The minimum absolute atomic E-state index is 0.0330. The van der Waals surface area contributed by atoms with Crippen LogP contribution in [-0.2, 0) is 4.79 Å². The summed E-state index contributed by atoms with van der Waals surface area (Å²) in [6.45, 7) is 14.6. The van der Waals surface area contributed by atoms with Gasteiger partial charge in [-0.15, -0.1) is 0 Å². The van der Waals surface area contributed by atoms with Crippen LogP contribution >= 0.6 is 0 Å². The fourth-order valence-corrected chi connectivity index (χ4v) is 2.78. The van der Waals surface area contributed by atoms with E-state index in [-0.39, 0.29) is 24.6 Å². The topological polar surface area (TPSA) is 29.5 Å². The van der Waals surface area contributed by atoms with Gasteiger partial charge in [0.1, 0.15) is 5.75 Å². The molecular formula is C18H29NO2. The largest absolute Gasteiger partial charge is 0.484 e. The van der Waals surface area contributed by atoms with Crippen molar-refractivity contribution in [3.05, 3.63) is 29.3 Å². The lowest BCUT2D eigenvalue weighted by atomic mass is 9.98. The van der Waals surface area contributed by atoms with Gasteiger partial charge in [0.15, 0.2) is 6.61 Å². The van der Waals surface area contributed by atoms with Crippen LogP contribution in [0.2, 0.25) is 0 Å². The molecule has 0 aromatic heterocycles. The van der Waals surface area contributed by atoms with Crippen molar-refractivity contribution in [2.75, 3.05) is 6.61 Å². The number of aryl methyl sites for hydroxylation is 1. The van der Waals surface area contributed by atoms with Crippen molar-refractivity contribution < 1.29 is 9.53 Å². The maximum atomic E-state index is 12.3. The lowest BCUT2D eigenvalue weighted by Crippen LogP contribution is -2.44. The zero-order valence-corrected chi connectivity index (χ0v) is 14.4. The minimum atomic E-state index is 0.0330. The van der Waals surface area contributed by atoms with Crippen LogP contribution in [0.5, 0.6) is 5.75 Å². The van der Waals surface area contributed by atoms with E-state index in [0.29, 0.717) is 5.92 Å². The number of amides is 1. The first-order valence-corrected chi connectivity index (χ1v) is 7.78. The Labute approximate surface area is 129 Å². The molecule has 0 fully saturated rings. The van der Waals surface area contributed by atoms with Crippen LogP contribution in [0.1, 0.15) is 58.6 Å². The average molecular weight is 291 g/mol. The summed E-state index contributed by atoms with van der Waals surface area (Å²) >= 11 is 0. The molecule has 0 heterocycles. The molecule has 1 amide bonds. The van der Waals surface area contributed by atoms with Crippen molar-refractivity contribution in [1.29, 1.82) is 0 Å². The maximum absolute atomic E-state index is 12.3. The van der Waals surface area contributed by atoms with Crippen LogP contribution in [0.4, 0.5) is 0 Å². The van der Waals surface area contributed by atoms with Crippen molar-refractivity contribution in [2.24, 2.45) is 0 Å². The Morgan fingerprint density at radius 2 is 1.67 bits per heavy atom. The Balaban J connectivity index is 2.71. The van der Waals surface area contributed by atoms with E-state index in [1.54, 1.807) is 0 Å². The molecule has 21 heavy (non-hydrogen) atoms. The Bertz CT molecular complexity index is 470. The molecule has 3 heteroatoms. The lowest BCUT2D eigenvalue weighted by molar-refractivity contribution is -0.136. The Morgan fingerprint density at radius 3 is 2.10 bits per heavy atom. The summed E-state index contributed by atoms with van der Waals surface area (Å²) in [7, 11) is 0. The molecule has 0 atom stereocenters. The van der Waals surface area contributed by atoms with E-state index in [1.165, 1.54) is 11.1 Å². The second-order valence-electron chi connectivity index (χ2n) is 6.45. The number of benzene rings is 1. The van der Waals surface area contributed by atoms with Gasteiger partial charge in [-0.05, 0) is 63.8 Å². The van der Waals surface area contributed by atoms with Crippen molar-refractivity contribution >= 4 is 5.91 Å². The molecule has 0 spiro atoms. The minimum Gasteiger partial charge on any atom is -0.484 e. The number of ether oxygens (including phenoxy) is 1. The van der Waals surface area contributed by atoms with E-state index in [2.05, 4.69) is 26.8 Å². The highest BCUT2D eigenvalue weighted by atomic mass is 16.5. The molecular weight excluding hydrogens is 262 g/mol. The van der Waals surface area contributed by atoms with Crippen LogP contribution in [0, 0.1) is 6.92 Å². The van der Waals surface area contributed by atoms with Gasteiger partial charge in [0.2, 0.25) is 0 Å². The van der Waals surface area contributed by atoms with Crippen LogP contribution in [0.15, 0.2) is 18.2 Å². The second-order valence-corrected chi connectivity index (χ2v) is 6.45. The first kappa shape index (κ1) is 17.5. The zero-order valence-electron chi connectivity index (χ0n) is 14.4. The van der Waals surface area contributed by atoms with Crippen molar-refractivity contribution in [3.8, 4) is 5.75 Å². The van der Waals surface area contributed by atoms with Crippen LogP contribution in [0.25, 0.3) is 0 Å². The highest BCUT2D eigenvalue weighted by Gasteiger charge is 2.20. The Morgan fingerprint density at radius 1 is 1.10 bits per heavy atom. The van der Waals surface area contributed by atoms with E-state index in [9.17, 15) is 4.79 Å². The molecule has 1 aromatic carbocycles. The fraction of sp³-hybridized carbons (Fsp3) is 0.611. The molecule has 0 N–H and O–H groups in total. The molecule has 0 bridgehead atoms. The summed E-state index contributed by atoms with van der Waals surface area (Å²) in [5.41, 5.74) is 2.53. The van der Waals surface area contributed by atoms with Crippen LogP contribution in [-0.4, -0.2) is 29.5 Å². The Hall–Kier alpha value is -1.51. The molecule has 3 nitrogen and oxygen atoms in total. The molecule has 118 valence electrons. The van der Waals surface area contributed by atoms with Gasteiger partial charge in [-0.2, -0.15) is 0 Å². The summed E-state index contributed by atoms with van der Waals surface area (Å²) in [5.74, 6) is 1.29. The van der Waals surface area contributed by atoms with Gasteiger partial charge in [-0.1, -0.05) is 19.9 Å². The first-order valence-electron chi connectivity index (χ1n) is 7.78. The molecule has 0 unspecified atom stereocenters. The van der Waals surface area contributed by atoms with E-state index in [4.69, 9.17) is 4.74 Å². The molecule has 0 aliphatic heterocycles. The van der Waals surface area contributed by atoms with Gasteiger partial charge >= 0.3 is 0 Å². The number of carbonyl (C=O) groups is 1. The Kier molecular flexibility index (Phi) is 6.25. The standard InChI is InChI=1S/C18H29NO2/c1-12(2)17-9-8-16(10-15(17)7)21-11-18(20)19(13(3)4)14(5)6/h8-10,12-14H,11H2,1-7H3. The van der Waals surface area contributed by atoms with Gasteiger partial charge in [0.25, 0.3) is 5.91 Å². The third kappa shape index (κ3) is 4.76. The summed E-state index contributed by atoms with van der Waals surface area (Å²) in [5, 5.41) is 0. The van der Waals surface area contributed by atoms with E-state index in [0.717, 1.165) is 5.75 Å². The third-order valence-electron chi connectivity index (χ3n) is 3.63. The van der Waals surface area contributed by atoms with Crippen molar-refractivity contribution in [2.45, 2.75) is 66.5 Å². The first-order chi connectivity index (χ1) is 9.73. The SMILES string of the molecule is Cc1cc(OCC(=O)N(C(C)C)C(C)C)ccc1C(C)C. The maximum Gasteiger partial charge on any atom is 0.260 e. The number of rotatable bonds is 6. The molecule has 0 aliphatic carbocycles. The summed E-state index contributed by atoms with van der Waals surface area (Å²) in [6, 6.07) is 6.42. The highest BCUT2D eigenvalue weighted by molar-refractivity contribution is 5.78. The van der Waals surface area contributed by atoms with E-state index < -0.39 is 0 Å². The predicted octanol–water partition coefficient (Wildman–Crippen LogP) is 4.14. The highest BCUT2D eigenvalue weighted by Crippen LogP contribution is 2.23. The van der Waals surface area contributed by atoms with Gasteiger partial charge in [0, 0.05) is 12.1 Å². The number of carbonyl (C=O) groups excluding carboxylic acids is 1. The smallest absolute Gasteiger partial charge is 0.260 e. The number of hydrogen-bond donors (Lipinski definition) is 0. The van der Waals surface area contributed by atoms with E-state index in [1.807, 2.05) is 44.7 Å².